The van der Waals surface area contributed by atoms with Crippen molar-refractivity contribution in [1.82, 2.24) is 10.4 Å². The Kier molecular flexibility index (Phi) is 6.63. The van der Waals surface area contributed by atoms with Gasteiger partial charge in [-0.15, -0.1) is 0 Å². The Morgan fingerprint density at radius 1 is 1.33 bits per heavy atom. The number of hydrogen-bond acceptors (Lipinski definition) is 6. The fraction of sp³-hybridized carbons (Fsp3) is 0.286. The molecular formula is C21H22FN3O5. The van der Waals surface area contributed by atoms with Gasteiger partial charge in [-0.25, -0.2) is 9.40 Å². The van der Waals surface area contributed by atoms with E-state index in [2.05, 4.69) is 10.7 Å². The normalized spacial score (nSPS) is 13.6. The van der Waals surface area contributed by atoms with Gasteiger partial charge in [0.1, 0.15) is 12.4 Å². The van der Waals surface area contributed by atoms with Crippen molar-refractivity contribution >= 4 is 23.8 Å². The molecule has 3 rings (SSSR count). The van der Waals surface area contributed by atoms with E-state index in [1.165, 1.54) is 18.2 Å². The molecule has 1 aliphatic heterocycles. The summed E-state index contributed by atoms with van der Waals surface area (Å²) in [5, 5.41) is 13.5. The molecule has 0 spiro atoms. The molecular weight excluding hydrogens is 393 g/mol. The number of carbonyl (C=O) groups is 3. The Labute approximate surface area is 172 Å². The lowest BCUT2D eigenvalue weighted by Gasteiger charge is -2.17. The van der Waals surface area contributed by atoms with Gasteiger partial charge >= 0.3 is 0 Å². The van der Waals surface area contributed by atoms with Crippen LogP contribution in [0.5, 0.6) is 5.75 Å². The van der Waals surface area contributed by atoms with Gasteiger partial charge in [-0.2, -0.15) is 0 Å². The van der Waals surface area contributed by atoms with Crippen molar-refractivity contribution < 1.29 is 28.6 Å². The van der Waals surface area contributed by atoms with E-state index in [4.69, 9.17) is 4.74 Å². The van der Waals surface area contributed by atoms with Crippen LogP contribution in [0.25, 0.3) is 0 Å². The van der Waals surface area contributed by atoms with E-state index in [9.17, 15) is 23.9 Å². The standard InChI is InChI=1S/C21H22FN3O5/c1-30-18-7-2-4-13(20(18)22)10-23-17-6-3-5-15-16(17)11-25(21(15)29)24-19(28)9-8-14(27)12-26/h2-7,12,14,23,27H,8-11H2,1H3,(H,24,28). The van der Waals surface area contributed by atoms with Crippen LogP contribution in [0, 0.1) is 5.82 Å². The van der Waals surface area contributed by atoms with Crippen LogP contribution in [0.3, 0.4) is 0 Å². The van der Waals surface area contributed by atoms with Crippen LogP contribution in [-0.4, -0.2) is 41.4 Å². The van der Waals surface area contributed by atoms with Crippen LogP contribution in [0.2, 0.25) is 0 Å². The van der Waals surface area contributed by atoms with Gasteiger partial charge in [0, 0.05) is 35.3 Å². The topological polar surface area (TPSA) is 108 Å². The van der Waals surface area contributed by atoms with E-state index in [0.29, 0.717) is 28.7 Å². The van der Waals surface area contributed by atoms with Crippen molar-refractivity contribution in [2.45, 2.75) is 32.0 Å². The summed E-state index contributed by atoms with van der Waals surface area (Å²) in [4.78, 5) is 35.0. The number of aliphatic hydroxyl groups is 1. The summed E-state index contributed by atoms with van der Waals surface area (Å²) < 4.78 is 19.3. The molecule has 2 aromatic rings. The highest BCUT2D eigenvalue weighted by Crippen LogP contribution is 2.29. The predicted octanol–water partition coefficient (Wildman–Crippen LogP) is 1.77. The van der Waals surface area contributed by atoms with Gasteiger partial charge in [-0.05, 0) is 24.6 Å². The van der Waals surface area contributed by atoms with Crippen molar-refractivity contribution in [3.8, 4) is 5.75 Å². The second kappa shape index (κ2) is 9.36. The number of ether oxygens (including phenoxy) is 1. The molecule has 8 nitrogen and oxygen atoms in total. The molecule has 30 heavy (non-hydrogen) atoms. The number of anilines is 1. The molecule has 2 amide bonds. The van der Waals surface area contributed by atoms with E-state index >= 15 is 0 Å². The molecule has 0 aliphatic carbocycles. The van der Waals surface area contributed by atoms with Crippen LogP contribution in [0.15, 0.2) is 36.4 Å². The lowest BCUT2D eigenvalue weighted by molar-refractivity contribution is -0.126. The number of carbonyl (C=O) groups excluding carboxylic acids is 3. The number of methoxy groups -OCH3 is 1. The molecule has 2 aromatic carbocycles. The molecule has 0 fully saturated rings. The average Bonchev–Trinajstić information content (AvgIpc) is 3.07. The van der Waals surface area contributed by atoms with Crippen LogP contribution >= 0.6 is 0 Å². The highest BCUT2D eigenvalue weighted by molar-refractivity contribution is 6.00. The maximum Gasteiger partial charge on any atom is 0.273 e. The molecule has 158 valence electrons. The maximum absolute atomic E-state index is 14.4. The average molecular weight is 415 g/mol. The smallest absolute Gasteiger partial charge is 0.273 e. The van der Waals surface area contributed by atoms with E-state index < -0.39 is 17.8 Å². The van der Waals surface area contributed by atoms with E-state index in [1.807, 2.05) is 0 Å². The van der Waals surface area contributed by atoms with Crippen molar-refractivity contribution in [1.29, 1.82) is 0 Å². The molecule has 3 N–H and O–H groups in total. The third-order valence-electron chi connectivity index (χ3n) is 4.78. The molecule has 0 saturated carbocycles. The van der Waals surface area contributed by atoms with E-state index in [1.54, 1.807) is 30.3 Å². The first kappa shape index (κ1) is 21.3. The maximum atomic E-state index is 14.4. The predicted molar refractivity (Wildman–Crippen MR) is 106 cm³/mol. The molecule has 9 heteroatoms. The van der Waals surface area contributed by atoms with Crippen molar-refractivity contribution in [3.63, 3.8) is 0 Å². The number of aldehydes is 1. The van der Waals surface area contributed by atoms with Crippen molar-refractivity contribution in [3.05, 3.63) is 58.9 Å². The fourth-order valence-electron chi connectivity index (χ4n) is 3.18. The summed E-state index contributed by atoms with van der Waals surface area (Å²) in [5.74, 6) is -1.16. The van der Waals surface area contributed by atoms with Gasteiger partial charge in [-0.3, -0.25) is 15.0 Å². The fourth-order valence-corrected chi connectivity index (χ4v) is 3.18. The molecule has 1 heterocycles. The number of halogens is 1. The molecule has 1 atom stereocenters. The number of aliphatic hydroxyl groups excluding tert-OH is 1. The molecule has 0 saturated heterocycles. The van der Waals surface area contributed by atoms with Gasteiger partial charge < -0.3 is 20.0 Å². The quantitative estimate of drug-likeness (QED) is 0.539. The number of nitrogens with zero attached hydrogens (tertiary/aromatic N) is 1. The highest BCUT2D eigenvalue weighted by atomic mass is 19.1. The number of nitrogens with one attached hydrogen (secondary N) is 2. The van der Waals surface area contributed by atoms with Crippen LogP contribution in [0.4, 0.5) is 10.1 Å². The summed E-state index contributed by atoms with van der Waals surface area (Å²) in [6.07, 6.45) is -0.980. The van der Waals surface area contributed by atoms with Crippen LogP contribution in [-0.2, 0) is 22.7 Å². The molecule has 0 bridgehead atoms. The Hall–Kier alpha value is -3.46. The summed E-state index contributed by atoms with van der Waals surface area (Å²) in [5.41, 5.74) is 4.66. The monoisotopic (exact) mass is 415 g/mol. The summed E-state index contributed by atoms with van der Waals surface area (Å²) >= 11 is 0. The summed E-state index contributed by atoms with van der Waals surface area (Å²) in [7, 11) is 1.40. The lowest BCUT2D eigenvalue weighted by Crippen LogP contribution is -2.42. The minimum atomic E-state index is -1.21. The van der Waals surface area contributed by atoms with E-state index in [-0.39, 0.29) is 37.6 Å². The number of hydrogen-bond donors (Lipinski definition) is 3. The largest absolute Gasteiger partial charge is 0.494 e. The first-order chi connectivity index (χ1) is 14.4. The number of amides is 2. The Morgan fingerprint density at radius 2 is 2.10 bits per heavy atom. The molecule has 1 aliphatic rings. The third kappa shape index (κ3) is 4.57. The Bertz CT molecular complexity index is 966. The Balaban J connectivity index is 1.68. The number of hydrazine groups is 1. The van der Waals surface area contributed by atoms with Gasteiger partial charge in [0.05, 0.1) is 13.7 Å². The van der Waals surface area contributed by atoms with Crippen molar-refractivity contribution in [2.75, 3.05) is 12.4 Å². The second-order valence-corrected chi connectivity index (χ2v) is 6.79. The molecule has 1 unspecified atom stereocenters. The second-order valence-electron chi connectivity index (χ2n) is 6.79. The molecule has 0 aromatic heterocycles. The minimum absolute atomic E-state index is 0.0246. The highest BCUT2D eigenvalue weighted by Gasteiger charge is 2.30. The zero-order valence-electron chi connectivity index (χ0n) is 16.4. The van der Waals surface area contributed by atoms with Gasteiger partial charge in [0.15, 0.2) is 11.6 Å². The molecule has 0 radical (unpaired) electrons. The zero-order valence-corrected chi connectivity index (χ0v) is 16.4. The SMILES string of the molecule is COc1cccc(CNc2cccc3c2CN(NC(=O)CCC(O)C=O)C3=O)c1F. The lowest BCUT2D eigenvalue weighted by atomic mass is 10.1. The van der Waals surface area contributed by atoms with Gasteiger partial charge in [0.25, 0.3) is 5.91 Å². The Morgan fingerprint density at radius 3 is 2.83 bits per heavy atom. The number of rotatable bonds is 9. The van der Waals surface area contributed by atoms with Crippen molar-refractivity contribution in [2.24, 2.45) is 0 Å². The van der Waals surface area contributed by atoms with E-state index in [0.717, 1.165) is 0 Å². The first-order valence-corrected chi connectivity index (χ1v) is 9.36. The minimum Gasteiger partial charge on any atom is -0.494 e. The first-order valence-electron chi connectivity index (χ1n) is 9.36. The van der Waals surface area contributed by atoms with Crippen LogP contribution < -0.4 is 15.5 Å². The number of benzene rings is 2. The van der Waals surface area contributed by atoms with Gasteiger partial charge in [-0.1, -0.05) is 18.2 Å². The zero-order chi connectivity index (χ0) is 21.7. The third-order valence-corrected chi connectivity index (χ3v) is 4.78. The number of fused-ring (bicyclic) bond motifs is 1. The van der Waals surface area contributed by atoms with Crippen LogP contribution in [0.1, 0.15) is 34.3 Å². The summed E-state index contributed by atoms with van der Waals surface area (Å²) in [6, 6.07) is 9.99. The summed E-state index contributed by atoms with van der Waals surface area (Å²) in [6.45, 7) is 0.323. The van der Waals surface area contributed by atoms with Gasteiger partial charge in [0.2, 0.25) is 5.91 Å².